The van der Waals surface area contributed by atoms with Crippen LogP contribution in [0.25, 0.3) is 0 Å². The highest BCUT2D eigenvalue weighted by Gasteiger charge is 2.02. The molecule has 0 aliphatic heterocycles. The van der Waals surface area contributed by atoms with Gasteiger partial charge in [0.2, 0.25) is 0 Å². The van der Waals surface area contributed by atoms with E-state index in [9.17, 15) is 14.6 Å². The maximum absolute atomic E-state index is 13.0. The summed E-state index contributed by atoms with van der Waals surface area (Å²) in [5, 5.41) is 21.6. The van der Waals surface area contributed by atoms with Crippen molar-refractivity contribution in [3.63, 3.8) is 0 Å². The van der Waals surface area contributed by atoms with Gasteiger partial charge in [-0.2, -0.15) is 0 Å². The van der Waals surface area contributed by atoms with E-state index in [1.807, 2.05) is 0 Å². The molecule has 0 unspecified atom stereocenters. The molecule has 3 nitrogen and oxygen atoms in total. The maximum atomic E-state index is 13.0. The highest BCUT2D eigenvalue weighted by atomic mass is 79.9. The second kappa shape index (κ2) is 5.27. The molecular formula is C13H11BrFNO2. The normalized spacial score (nSPS) is 10.3. The first-order valence-electron chi connectivity index (χ1n) is 5.26. The molecule has 3 N–H and O–H groups in total. The molecule has 0 aromatic heterocycles. The Kier molecular flexibility index (Phi) is 3.72. The first-order chi connectivity index (χ1) is 8.56. The molecule has 94 valence electrons. The van der Waals surface area contributed by atoms with E-state index in [1.165, 1.54) is 18.2 Å². The van der Waals surface area contributed by atoms with E-state index in [-0.39, 0.29) is 17.3 Å². The lowest BCUT2D eigenvalue weighted by molar-refractivity contribution is 0.403. The Labute approximate surface area is 112 Å². The van der Waals surface area contributed by atoms with Crippen LogP contribution in [0.3, 0.4) is 0 Å². The highest BCUT2D eigenvalue weighted by Crippen LogP contribution is 2.25. The number of anilines is 1. The highest BCUT2D eigenvalue weighted by molar-refractivity contribution is 9.10. The lowest BCUT2D eigenvalue weighted by Gasteiger charge is -2.08. The zero-order chi connectivity index (χ0) is 13.1. The third-order valence-electron chi connectivity index (χ3n) is 2.46. The number of halogens is 2. The molecular weight excluding hydrogens is 301 g/mol. The van der Waals surface area contributed by atoms with Gasteiger partial charge in [-0.3, -0.25) is 0 Å². The van der Waals surface area contributed by atoms with Gasteiger partial charge in [-0.15, -0.1) is 0 Å². The molecule has 2 aromatic carbocycles. The number of phenols is 2. The van der Waals surface area contributed by atoms with Gasteiger partial charge in [0.05, 0.1) is 4.47 Å². The summed E-state index contributed by atoms with van der Waals surface area (Å²) < 4.78 is 13.4. The van der Waals surface area contributed by atoms with Crippen LogP contribution in [0.2, 0.25) is 0 Å². The predicted molar refractivity (Wildman–Crippen MR) is 71.2 cm³/mol. The van der Waals surface area contributed by atoms with Gasteiger partial charge in [0.25, 0.3) is 0 Å². The van der Waals surface area contributed by atoms with Crippen LogP contribution in [0.15, 0.2) is 40.9 Å². The van der Waals surface area contributed by atoms with Crippen molar-refractivity contribution in [2.45, 2.75) is 6.54 Å². The number of rotatable bonds is 3. The number of hydrogen-bond acceptors (Lipinski definition) is 3. The quantitative estimate of drug-likeness (QED) is 0.759. The molecule has 0 aliphatic rings. The predicted octanol–water partition coefficient (Wildman–Crippen LogP) is 3.61. The maximum Gasteiger partial charge on any atom is 0.157 e. The second-order valence-corrected chi connectivity index (χ2v) is 4.66. The summed E-state index contributed by atoms with van der Waals surface area (Å²) in [6, 6.07) is 9.21. The second-order valence-electron chi connectivity index (χ2n) is 3.81. The van der Waals surface area contributed by atoms with E-state index in [0.29, 0.717) is 11.0 Å². The van der Waals surface area contributed by atoms with Crippen LogP contribution in [-0.4, -0.2) is 10.2 Å². The van der Waals surface area contributed by atoms with Crippen molar-refractivity contribution in [1.29, 1.82) is 0 Å². The first-order valence-corrected chi connectivity index (χ1v) is 6.05. The third kappa shape index (κ3) is 2.92. The van der Waals surface area contributed by atoms with Crippen LogP contribution in [0, 0.1) is 5.82 Å². The molecule has 0 saturated carbocycles. The number of benzene rings is 2. The molecule has 18 heavy (non-hydrogen) atoms. The van der Waals surface area contributed by atoms with Crippen molar-refractivity contribution >= 4 is 21.6 Å². The molecule has 0 heterocycles. The van der Waals surface area contributed by atoms with E-state index in [2.05, 4.69) is 21.2 Å². The van der Waals surface area contributed by atoms with Gasteiger partial charge in [-0.1, -0.05) is 6.07 Å². The molecule has 2 aromatic rings. The summed E-state index contributed by atoms with van der Waals surface area (Å²) in [6.07, 6.45) is 0. The Bertz CT molecular complexity index is 523. The molecule has 0 bridgehead atoms. The Morgan fingerprint density at radius 3 is 2.50 bits per heavy atom. The summed E-state index contributed by atoms with van der Waals surface area (Å²) >= 11 is 3.11. The SMILES string of the molecule is Oc1ccc(CNc2ccc(F)c(Br)c2)cc1O. The van der Waals surface area contributed by atoms with Crippen molar-refractivity contribution in [1.82, 2.24) is 0 Å². The van der Waals surface area contributed by atoms with Crippen LogP contribution in [0.1, 0.15) is 5.56 Å². The number of phenolic OH excluding ortho intramolecular Hbond substituents is 2. The molecule has 0 aliphatic carbocycles. The minimum absolute atomic E-state index is 0.150. The first kappa shape index (κ1) is 12.7. The summed E-state index contributed by atoms with van der Waals surface area (Å²) in [6.45, 7) is 0.464. The van der Waals surface area contributed by atoms with Gasteiger partial charge in [-0.25, -0.2) is 4.39 Å². The van der Waals surface area contributed by atoms with Gasteiger partial charge in [0.15, 0.2) is 11.5 Å². The molecule has 0 fully saturated rings. The summed E-state index contributed by atoms with van der Waals surface area (Å²) in [4.78, 5) is 0. The van der Waals surface area contributed by atoms with Crippen LogP contribution in [0.4, 0.5) is 10.1 Å². The minimum atomic E-state index is -0.317. The van der Waals surface area contributed by atoms with Crippen LogP contribution >= 0.6 is 15.9 Å². The monoisotopic (exact) mass is 311 g/mol. The average molecular weight is 312 g/mol. The lowest BCUT2D eigenvalue weighted by Crippen LogP contribution is -1.99. The smallest absolute Gasteiger partial charge is 0.157 e. The Balaban J connectivity index is 2.06. The van der Waals surface area contributed by atoms with E-state index < -0.39 is 0 Å². The van der Waals surface area contributed by atoms with Crippen molar-refractivity contribution in [3.8, 4) is 11.5 Å². The van der Waals surface area contributed by atoms with E-state index in [4.69, 9.17) is 0 Å². The van der Waals surface area contributed by atoms with Crippen molar-refractivity contribution in [2.24, 2.45) is 0 Å². The van der Waals surface area contributed by atoms with Gasteiger partial charge >= 0.3 is 0 Å². The summed E-state index contributed by atoms with van der Waals surface area (Å²) in [5.41, 5.74) is 1.57. The lowest BCUT2D eigenvalue weighted by atomic mass is 10.2. The van der Waals surface area contributed by atoms with Crippen LogP contribution in [0.5, 0.6) is 11.5 Å². The number of nitrogens with one attached hydrogen (secondary N) is 1. The zero-order valence-corrected chi connectivity index (χ0v) is 10.9. The van der Waals surface area contributed by atoms with E-state index in [1.54, 1.807) is 18.2 Å². The molecule has 0 radical (unpaired) electrons. The summed E-state index contributed by atoms with van der Waals surface area (Å²) in [7, 11) is 0. The van der Waals surface area contributed by atoms with Crippen molar-refractivity contribution in [3.05, 3.63) is 52.3 Å². The molecule has 0 spiro atoms. The molecule has 0 amide bonds. The molecule has 5 heteroatoms. The van der Waals surface area contributed by atoms with Gasteiger partial charge < -0.3 is 15.5 Å². The largest absolute Gasteiger partial charge is 0.504 e. The fourth-order valence-corrected chi connectivity index (χ4v) is 1.87. The standard InChI is InChI=1S/C13H11BrFNO2/c14-10-6-9(2-3-11(10)15)16-7-8-1-4-12(17)13(18)5-8/h1-6,16-18H,7H2. The van der Waals surface area contributed by atoms with Crippen LogP contribution in [-0.2, 0) is 6.54 Å². The average Bonchev–Trinajstić information content (AvgIpc) is 2.35. The van der Waals surface area contributed by atoms with E-state index in [0.717, 1.165) is 11.3 Å². The number of hydrogen-bond donors (Lipinski definition) is 3. The van der Waals surface area contributed by atoms with E-state index >= 15 is 0 Å². The Morgan fingerprint density at radius 1 is 1.06 bits per heavy atom. The molecule has 2 rings (SSSR count). The van der Waals surface area contributed by atoms with Gasteiger partial charge in [-0.05, 0) is 51.8 Å². The fraction of sp³-hybridized carbons (Fsp3) is 0.0769. The summed E-state index contributed by atoms with van der Waals surface area (Å²) in [5.74, 6) is -0.624. The Hall–Kier alpha value is -1.75. The fourth-order valence-electron chi connectivity index (χ4n) is 1.49. The topological polar surface area (TPSA) is 52.5 Å². The molecule has 0 atom stereocenters. The Morgan fingerprint density at radius 2 is 1.83 bits per heavy atom. The van der Waals surface area contributed by atoms with Crippen LogP contribution < -0.4 is 5.32 Å². The van der Waals surface area contributed by atoms with Crippen molar-refractivity contribution < 1.29 is 14.6 Å². The van der Waals surface area contributed by atoms with Gasteiger partial charge in [0, 0.05) is 12.2 Å². The third-order valence-corrected chi connectivity index (χ3v) is 3.06. The zero-order valence-electron chi connectivity index (χ0n) is 9.32. The minimum Gasteiger partial charge on any atom is -0.504 e. The number of aromatic hydroxyl groups is 2. The van der Waals surface area contributed by atoms with Crippen molar-refractivity contribution in [2.75, 3.05) is 5.32 Å². The molecule has 0 saturated heterocycles. The van der Waals surface area contributed by atoms with Gasteiger partial charge in [0.1, 0.15) is 5.82 Å².